The number of hydrogen-bond donors (Lipinski definition) is 2. The average Bonchev–Trinajstić information content (AvgIpc) is 3.06. The smallest absolute Gasteiger partial charge is 0.382 e. The maximum Gasteiger partial charge on any atom is 0.433 e. The van der Waals surface area contributed by atoms with Gasteiger partial charge in [-0.2, -0.15) is 13.2 Å². The van der Waals surface area contributed by atoms with Crippen molar-refractivity contribution in [3.8, 4) is 0 Å². The molecule has 32 heavy (non-hydrogen) atoms. The number of benzene rings is 1. The Morgan fingerprint density at radius 3 is 2.62 bits per heavy atom. The normalized spacial score (nSPS) is 19.2. The molecule has 3 aromatic rings. The number of alkyl halides is 3. The Morgan fingerprint density at radius 2 is 1.94 bits per heavy atom. The van der Waals surface area contributed by atoms with Crippen LogP contribution < -0.4 is 10.6 Å². The number of carbonyl (C=O) groups is 1. The zero-order valence-corrected chi connectivity index (χ0v) is 18.5. The molecule has 0 spiro atoms. The Balaban J connectivity index is 1.54. The number of nitrogens with one attached hydrogen (secondary N) is 2. The molecule has 4 rings (SSSR count). The monoisotopic (exact) mass is 485 g/mol. The summed E-state index contributed by atoms with van der Waals surface area (Å²) in [4.78, 5) is 20.2. The van der Waals surface area contributed by atoms with Crippen LogP contribution in [0.5, 0.6) is 0 Å². The second-order valence-corrected chi connectivity index (χ2v) is 8.64. The molecular formula is C21H20Cl2F3N5O. The number of hydrogen-bond acceptors (Lipinski definition) is 4. The van der Waals surface area contributed by atoms with Crippen molar-refractivity contribution in [3.05, 3.63) is 52.2 Å². The number of pyridine rings is 1. The lowest BCUT2D eigenvalue weighted by molar-refractivity contribution is -0.140. The van der Waals surface area contributed by atoms with Gasteiger partial charge in [0.25, 0.3) is 5.91 Å². The predicted molar refractivity (Wildman–Crippen MR) is 117 cm³/mol. The zero-order chi connectivity index (χ0) is 23.0. The minimum atomic E-state index is -4.57. The fourth-order valence-electron chi connectivity index (χ4n) is 3.99. The Kier molecular flexibility index (Phi) is 6.22. The predicted octanol–water partition coefficient (Wildman–Crippen LogP) is 5.45. The fourth-order valence-corrected chi connectivity index (χ4v) is 4.30. The van der Waals surface area contributed by atoms with Gasteiger partial charge in [0, 0.05) is 35.2 Å². The Bertz CT molecular complexity index is 1160. The molecule has 2 aromatic heterocycles. The van der Waals surface area contributed by atoms with E-state index in [1.54, 1.807) is 13.1 Å². The van der Waals surface area contributed by atoms with Crippen molar-refractivity contribution in [2.24, 2.45) is 7.05 Å². The van der Waals surface area contributed by atoms with Crippen molar-refractivity contribution in [2.45, 2.75) is 43.9 Å². The highest BCUT2D eigenvalue weighted by molar-refractivity contribution is 6.31. The van der Waals surface area contributed by atoms with Gasteiger partial charge in [0.1, 0.15) is 11.4 Å². The number of nitrogens with zero attached hydrogens (tertiary/aromatic N) is 3. The molecule has 2 N–H and O–H groups in total. The number of aromatic nitrogens is 3. The number of fused-ring (bicyclic) bond motifs is 1. The molecule has 2 atom stereocenters. The minimum Gasteiger partial charge on any atom is -0.382 e. The first-order chi connectivity index (χ1) is 15.1. The van der Waals surface area contributed by atoms with Gasteiger partial charge in [0.2, 0.25) is 5.28 Å². The third-order valence-corrected chi connectivity index (χ3v) is 6.18. The number of carbonyl (C=O) groups excluding carboxylic acids is 1. The number of rotatable bonds is 4. The van der Waals surface area contributed by atoms with Gasteiger partial charge in [-0.15, -0.1) is 0 Å². The van der Waals surface area contributed by atoms with Gasteiger partial charge in [-0.1, -0.05) is 11.6 Å². The summed E-state index contributed by atoms with van der Waals surface area (Å²) in [5.41, 5.74) is -0.0982. The van der Waals surface area contributed by atoms with E-state index >= 15 is 0 Å². The molecule has 0 saturated heterocycles. The van der Waals surface area contributed by atoms with Crippen LogP contribution in [0.1, 0.15) is 41.9 Å². The summed E-state index contributed by atoms with van der Waals surface area (Å²) in [6.45, 7) is 0. The van der Waals surface area contributed by atoms with Crippen molar-refractivity contribution in [1.29, 1.82) is 0 Å². The molecule has 0 aliphatic heterocycles. The molecule has 0 radical (unpaired) electrons. The topological polar surface area (TPSA) is 71.8 Å². The van der Waals surface area contributed by atoms with E-state index in [4.69, 9.17) is 23.2 Å². The summed E-state index contributed by atoms with van der Waals surface area (Å²) in [5, 5.41) is 7.34. The number of amides is 1. The number of anilines is 1. The van der Waals surface area contributed by atoms with E-state index in [1.807, 2.05) is 0 Å². The summed E-state index contributed by atoms with van der Waals surface area (Å²) in [7, 11) is 1.65. The molecule has 1 amide bonds. The van der Waals surface area contributed by atoms with Crippen LogP contribution >= 0.6 is 23.2 Å². The first-order valence-electron chi connectivity index (χ1n) is 10.0. The molecule has 170 valence electrons. The fraction of sp³-hybridized carbons (Fsp3) is 0.381. The van der Waals surface area contributed by atoms with Crippen LogP contribution in [0.3, 0.4) is 0 Å². The van der Waals surface area contributed by atoms with Gasteiger partial charge in [0.15, 0.2) is 0 Å². The van der Waals surface area contributed by atoms with Crippen molar-refractivity contribution >= 4 is 45.7 Å². The van der Waals surface area contributed by atoms with Crippen LogP contribution in [0.25, 0.3) is 10.9 Å². The van der Waals surface area contributed by atoms with Gasteiger partial charge in [-0.25, -0.2) is 9.97 Å². The third kappa shape index (κ3) is 4.78. The van der Waals surface area contributed by atoms with Crippen LogP contribution in [0.4, 0.5) is 18.9 Å². The van der Waals surface area contributed by atoms with Gasteiger partial charge in [0.05, 0.1) is 11.7 Å². The van der Waals surface area contributed by atoms with Gasteiger partial charge < -0.3 is 15.2 Å². The van der Waals surface area contributed by atoms with Crippen molar-refractivity contribution in [1.82, 2.24) is 19.9 Å². The summed E-state index contributed by atoms with van der Waals surface area (Å²) in [6, 6.07) is 5.33. The quantitative estimate of drug-likeness (QED) is 0.515. The maximum atomic E-state index is 13.4. The van der Waals surface area contributed by atoms with E-state index < -0.39 is 11.9 Å². The molecule has 0 bridgehead atoms. The molecule has 1 fully saturated rings. The highest BCUT2D eigenvalue weighted by atomic mass is 35.5. The molecule has 1 saturated carbocycles. The third-order valence-electron chi connectivity index (χ3n) is 5.59. The van der Waals surface area contributed by atoms with Crippen LogP contribution in [0.15, 0.2) is 30.5 Å². The zero-order valence-electron chi connectivity index (χ0n) is 17.0. The lowest BCUT2D eigenvalue weighted by atomic mass is 9.90. The number of halogens is 5. The Morgan fingerprint density at radius 1 is 1.19 bits per heavy atom. The minimum absolute atomic E-state index is 0.130. The lowest BCUT2D eigenvalue weighted by Gasteiger charge is -2.31. The largest absolute Gasteiger partial charge is 0.433 e. The van der Waals surface area contributed by atoms with E-state index in [2.05, 4.69) is 20.6 Å². The van der Waals surface area contributed by atoms with E-state index in [0.717, 1.165) is 25.3 Å². The van der Waals surface area contributed by atoms with Crippen molar-refractivity contribution in [2.75, 3.05) is 5.32 Å². The molecule has 2 heterocycles. The maximum absolute atomic E-state index is 13.4. The Hall–Kier alpha value is -2.52. The van der Waals surface area contributed by atoms with Gasteiger partial charge in [-0.3, -0.25) is 4.79 Å². The van der Waals surface area contributed by atoms with Gasteiger partial charge >= 0.3 is 6.18 Å². The molecular weight excluding hydrogens is 466 g/mol. The van der Waals surface area contributed by atoms with E-state index in [-0.39, 0.29) is 28.8 Å². The second kappa shape index (κ2) is 8.78. The van der Waals surface area contributed by atoms with Crippen LogP contribution in [-0.4, -0.2) is 32.5 Å². The highest BCUT2D eigenvalue weighted by Crippen LogP contribution is 2.35. The summed E-state index contributed by atoms with van der Waals surface area (Å²) < 4.78 is 41.6. The first kappa shape index (κ1) is 22.7. The van der Waals surface area contributed by atoms with Crippen molar-refractivity contribution < 1.29 is 18.0 Å². The van der Waals surface area contributed by atoms with E-state index in [1.165, 1.54) is 22.9 Å². The molecule has 6 nitrogen and oxygen atoms in total. The van der Waals surface area contributed by atoms with Crippen LogP contribution in [-0.2, 0) is 13.2 Å². The first-order valence-corrected chi connectivity index (χ1v) is 10.8. The average molecular weight is 486 g/mol. The van der Waals surface area contributed by atoms with Crippen LogP contribution in [0, 0.1) is 0 Å². The summed E-state index contributed by atoms with van der Waals surface area (Å²) in [6.07, 6.45) is -0.269. The Labute approximate surface area is 192 Å². The van der Waals surface area contributed by atoms with Gasteiger partial charge in [-0.05, 0) is 61.5 Å². The molecule has 1 aromatic carbocycles. The van der Waals surface area contributed by atoms with Crippen LogP contribution in [0.2, 0.25) is 10.3 Å². The number of imidazole rings is 1. The van der Waals surface area contributed by atoms with E-state index in [0.29, 0.717) is 28.2 Å². The SMILES string of the molecule is Cn1c(C(=O)N[C@@H]2CCC[C@H](Nc3cc(C(F)(F)F)nc4ccc(Cl)cc34)C2)cnc1Cl. The lowest BCUT2D eigenvalue weighted by Crippen LogP contribution is -2.42. The second-order valence-electron chi connectivity index (χ2n) is 7.86. The van der Waals surface area contributed by atoms with Crippen molar-refractivity contribution in [3.63, 3.8) is 0 Å². The summed E-state index contributed by atoms with van der Waals surface area (Å²) in [5.74, 6) is -0.293. The summed E-state index contributed by atoms with van der Waals surface area (Å²) >= 11 is 12.0. The molecule has 11 heteroatoms. The van der Waals surface area contributed by atoms with E-state index in [9.17, 15) is 18.0 Å². The molecule has 1 aliphatic carbocycles. The molecule has 0 unspecified atom stereocenters. The standard InChI is InChI=1S/C21H20Cl2F3N5O/c1-31-17(10-27-20(31)23)19(32)29-13-4-2-3-12(8-13)28-16-9-18(21(24,25)26)30-15-6-5-11(22)7-14(15)16/h5-7,9-10,12-13H,2-4,8H2,1H3,(H,28,30)(H,29,32)/t12-,13+/m0/s1. The molecule has 1 aliphatic rings. The highest BCUT2D eigenvalue weighted by Gasteiger charge is 2.34.